The smallest absolute Gasteiger partial charge is 0.0713 e. The molecule has 69 heavy (non-hydrogen) atoms. The molecule has 2 heteroatoms. The largest absolute Gasteiger partial charge is 0.310 e. The van der Waals surface area contributed by atoms with Gasteiger partial charge in [-0.2, -0.15) is 0 Å². The molecular weight excluding hydrogens is 833 g/mol. The van der Waals surface area contributed by atoms with E-state index in [-0.39, 0.29) is 0 Å². The molecule has 1 aliphatic rings. The van der Waals surface area contributed by atoms with Crippen LogP contribution in [-0.2, 0) is 5.41 Å². The van der Waals surface area contributed by atoms with Crippen molar-refractivity contribution in [3.05, 3.63) is 301 Å². The summed E-state index contributed by atoms with van der Waals surface area (Å²) in [4.78, 5) is 2.43. The molecule has 0 N–H and O–H groups in total. The third-order valence-electron chi connectivity index (χ3n) is 14.3. The molecule has 0 amide bonds. The summed E-state index contributed by atoms with van der Waals surface area (Å²) in [5, 5.41) is 2.45. The molecule has 1 aromatic heterocycles. The molecule has 324 valence electrons. The second-order valence-electron chi connectivity index (χ2n) is 18.0. The number of aromatic nitrogens is 1. The molecule has 0 saturated heterocycles. The third-order valence-corrected chi connectivity index (χ3v) is 14.3. The molecule has 0 aliphatic heterocycles. The zero-order chi connectivity index (χ0) is 45.7. The van der Waals surface area contributed by atoms with E-state index in [4.69, 9.17) is 0 Å². The zero-order valence-electron chi connectivity index (χ0n) is 38.0. The lowest BCUT2D eigenvalue weighted by Crippen LogP contribution is -2.28. The standard InChI is InChI=1S/C67H46N2/c1-5-21-47(22-6-1)49-25-19-31-54(43-49)68(55-32-20-26-50(44-55)48-23-7-2-8-24-48)64-37-17-14-33-57(64)51-39-41-60-59-35-15-18-38-65(59)69(66(60)45-51)56-40-42-63-61(46-56)58-34-13-16-36-62(58)67(63,52-27-9-3-10-28-52)53-29-11-4-12-30-53/h1-46H. The maximum absolute atomic E-state index is 2.48. The topological polar surface area (TPSA) is 8.17 Å². The fraction of sp³-hybridized carbons (Fsp3) is 0.0149. The van der Waals surface area contributed by atoms with Crippen LogP contribution in [0.15, 0.2) is 279 Å². The van der Waals surface area contributed by atoms with Gasteiger partial charge in [0.1, 0.15) is 0 Å². The van der Waals surface area contributed by atoms with Crippen molar-refractivity contribution in [3.8, 4) is 50.2 Å². The molecule has 2 nitrogen and oxygen atoms in total. The van der Waals surface area contributed by atoms with Crippen molar-refractivity contribution in [3.63, 3.8) is 0 Å². The predicted molar refractivity (Wildman–Crippen MR) is 289 cm³/mol. The fourth-order valence-electron chi connectivity index (χ4n) is 11.2. The Hall–Kier alpha value is -8.98. The van der Waals surface area contributed by atoms with Crippen LogP contribution in [0.4, 0.5) is 17.1 Å². The van der Waals surface area contributed by atoms with Gasteiger partial charge in [-0.15, -0.1) is 0 Å². The van der Waals surface area contributed by atoms with E-state index in [2.05, 4.69) is 289 Å². The Kier molecular flexibility index (Phi) is 9.77. The predicted octanol–water partition coefficient (Wildman–Crippen LogP) is 17.6. The second kappa shape index (κ2) is 16.7. The molecule has 12 aromatic rings. The average Bonchev–Trinajstić information content (AvgIpc) is 3.92. The average molecular weight is 879 g/mol. The van der Waals surface area contributed by atoms with Crippen LogP contribution in [0, 0.1) is 0 Å². The minimum Gasteiger partial charge on any atom is -0.310 e. The summed E-state index contributed by atoms with van der Waals surface area (Å²) in [5.74, 6) is 0. The van der Waals surface area contributed by atoms with Crippen molar-refractivity contribution in [1.82, 2.24) is 4.57 Å². The maximum Gasteiger partial charge on any atom is 0.0713 e. The van der Waals surface area contributed by atoms with Crippen molar-refractivity contribution in [2.45, 2.75) is 5.41 Å². The molecule has 0 saturated carbocycles. The Balaban J connectivity index is 1.01. The Labute approximate surface area is 403 Å². The number of nitrogens with zero attached hydrogens (tertiary/aromatic N) is 2. The third kappa shape index (κ3) is 6.64. The van der Waals surface area contributed by atoms with E-state index >= 15 is 0 Å². The molecule has 0 bridgehead atoms. The normalized spacial score (nSPS) is 12.5. The number of anilines is 3. The monoisotopic (exact) mass is 878 g/mol. The van der Waals surface area contributed by atoms with Crippen molar-refractivity contribution in [2.24, 2.45) is 0 Å². The van der Waals surface area contributed by atoms with E-state index < -0.39 is 5.41 Å². The highest BCUT2D eigenvalue weighted by Gasteiger charge is 2.46. The molecule has 11 aromatic carbocycles. The summed E-state index contributed by atoms with van der Waals surface area (Å²) in [6, 6.07) is 102. The number of para-hydroxylation sites is 2. The van der Waals surface area contributed by atoms with Crippen LogP contribution < -0.4 is 4.90 Å². The molecule has 13 rings (SSSR count). The van der Waals surface area contributed by atoms with Crippen molar-refractivity contribution in [1.29, 1.82) is 0 Å². The van der Waals surface area contributed by atoms with Crippen LogP contribution in [0.5, 0.6) is 0 Å². The van der Waals surface area contributed by atoms with Gasteiger partial charge >= 0.3 is 0 Å². The number of rotatable bonds is 9. The van der Waals surface area contributed by atoms with Gasteiger partial charge in [0.25, 0.3) is 0 Å². The molecule has 1 heterocycles. The van der Waals surface area contributed by atoms with Crippen LogP contribution in [-0.4, -0.2) is 4.57 Å². The first-order valence-electron chi connectivity index (χ1n) is 23.8. The van der Waals surface area contributed by atoms with Gasteiger partial charge < -0.3 is 9.47 Å². The first kappa shape index (κ1) is 40.3. The van der Waals surface area contributed by atoms with Crippen LogP contribution in [0.25, 0.3) is 72.0 Å². The van der Waals surface area contributed by atoms with Crippen LogP contribution in [0.1, 0.15) is 22.3 Å². The summed E-state index contributed by atoms with van der Waals surface area (Å²) >= 11 is 0. The fourth-order valence-corrected chi connectivity index (χ4v) is 11.2. The Bertz CT molecular complexity index is 3710. The molecule has 0 fully saturated rings. The van der Waals surface area contributed by atoms with Gasteiger partial charge in [0, 0.05) is 33.4 Å². The van der Waals surface area contributed by atoms with Crippen molar-refractivity contribution in [2.75, 3.05) is 4.90 Å². The minimum absolute atomic E-state index is 0.461. The lowest BCUT2D eigenvalue weighted by molar-refractivity contribution is 0.768. The van der Waals surface area contributed by atoms with Gasteiger partial charge in [-0.05, 0) is 116 Å². The van der Waals surface area contributed by atoms with Gasteiger partial charge in [-0.25, -0.2) is 0 Å². The molecule has 0 radical (unpaired) electrons. The van der Waals surface area contributed by atoms with E-state index in [9.17, 15) is 0 Å². The van der Waals surface area contributed by atoms with Gasteiger partial charge in [-0.1, -0.05) is 224 Å². The molecule has 0 spiro atoms. The molecular formula is C67H46N2. The highest BCUT2D eigenvalue weighted by molar-refractivity contribution is 6.11. The van der Waals surface area contributed by atoms with Crippen molar-refractivity contribution < 1.29 is 0 Å². The van der Waals surface area contributed by atoms with Gasteiger partial charge in [0.15, 0.2) is 0 Å². The van der Waals surface area contributed by atoms with Crippen LogP contribution >= 0.6 is 0 Å². The Morgan fingerprint density at radius 2 is 0.797 bits per heavy atom. The molecule has 1 aliphatic carbocycles. The van der Waals surface area contributed by atoms with E-state index in [1.54, 1.807) is 0 Å². The lowest BCUT2D eigenvalue weighted by Gasteiger charge is -2.33. The van der Waals surface area contributed by atoms with Gasteiger partial charge in [-0.3, -0.25) is 0 Å². The highest BCUT2D eigenvalue weighted by Crippen LogP contribution is 2.56. The van der Waals surface area contributed by atoms with E-state index in [0.29, 0.717) is 0 Å². The van der Waals surface area contributed by atoms with E-state index in [0.717, 1.165) is 39.4 Å². The maximum atomic E-state index is 2.48. The van der Waals surface area contributed by atoms with E-state index in [1.165, 1.54) is 71.9 Å². The molecule has 0 unspecified atom stereocenters. The summed E-state index contributed by atoms with van der Waals surface area (Å²) < 4.78 is 2.48. The number of fused-ring (bicyclic) bond motifs is 6. The van der Waals surface area contributed by atoms with Gasteiger partial charge in [0.05, 0.1) is 22.1 Å². The Morgan fingerprint density at radius 1 is 0.290 bits per heavy atom. The number of hydrogen-bond donors (Lipinski definition) is 0. The molecule has 0 atom stereocenters. The minimum atomic E-state index is -0.461. The van der Waals surface area contributed by atoms with Crippen LogP contribution in [0.3, 0.4) is 0 Å². The summed E-state index contributed by atoms with van der Waals surface area (Å²) in [5.41, 5.74) is 21.0. The van der Waals surface area contributed by atoms with Gasteiger partial charge in [0.2, 0.25) is 0 Å². The highest BCUT2D eigenvalue weighted by atomic mass is 15.1. The second-order valence-corrected chi connectivity index (χ2v) is 18.0. The summed E-state index contributed by atoms with van der Waals surface area (Å²) in [7, 11) is 0. The van der Waals surface area contributed by atoms with Crippen LogP contribution in [0.2, 0.25) is 0 Å². The SMILES string of the molecule is c1ccc(-c2cccc(N(c3cccc(-c4ccccc4)c3)c3ccccc3-c3ccc4c5ccccc5n(-c5ccc6c(c5)-c5ccccc5C6(c5ccccc5)c5ccccc5)c4c3)c2)cc1. The quantitative estimate of drug-likeness (QED) is 0.140. The zero-order valence-corrected chi connectivity index (χ0v) is 38.0. The number of hydrogen-bond acceptors (Lipinski definition) is 1. The number of benzene rings is 11. The lowest BCUT2D eigenvalue weighted by atomic mass is 9.68. The summed E-state index contributed by atoms with van der Waals surface area (Å²) in [6.07, 6.45) is 0. The van der Waals surface area contributed by atoms with Crippen molar-refractivity contribution >= 4 is 38.9 Å². The first-order chi connectivity index (χ1) is 34.2. The Morgan fingerprint density at radius 3 is 1.45 bits per heavy atom. The first-order valence-corrected chi connectivity index (χ1v) is 23.8. The summed E-state index contributed by atoms with van der Waals surface area (Å²) in [6.45, 7) is 0. The van der Waals surface area contributed by atoms with E-state index in [1.807, 2.05) is 0 Å².